The summed E-state index contributed by atoms with van der Waals surface area (Å²) in [4.78, 5) is 17.0. The van der Waals surface area contributed by atoms with E-state index in [0.29, 0.717) is 31.7 Å². The van der Waals surface area contributed by atoms with Crippen molar-refractivity contribution in [3.63, 3.8) is 0 Å². The highest BCUT2D eigenvalue weighted by atomic mass is 35.5. The van der Waals surface area contributed by atoms with Crippen molar-refractivity contribution in [2.75, 3.05) is 18.0 Å². The summed E-state index contributed by atoms with van der Waals surface area (Å²) in [5, 5.41) is 0.181. The van der Waals surface area contributed by atoms with Gasteiger partial charge in [0.15, 0.2) is 0 Å². The van der Waals surface area contributed by atoms with Crippen molar-refractivity contribution in [2.45, 2.75) is 19.0 Å². The number of alkyl halides is 1. The predicted octanol–water partition coefficient (Wildman–Crippen LogP) is 1.37. The Morgan fingerprint density at radius 1 is 1.50 bits per heavy atom. The number of nitrogens with zero attached hydrogens (tertiary/aromatic N) is 3. The molecule has 0 aromatic carbocycles. The van der Waals surface area contributed by atoms with Crippen LogP contribution in [0.4, 0.5) is 10.2 Å². The molecule has 1 aromatic rings. The fourth-order valence-electron chi connectivity index (χ4n) is 1.88. The molecule has 0 spiro atoms. The Hall–Kier alpha value is -1.10. The first-order chi connectivity index (χ1) is 7.58. The molecule has 1 aromatic heterocycles. The van der Waals surface area contributed by atoms with E-state index in [4.69, 9.17) is 11.6 Å². The number of hydrogen-bond donors (Lipinski definition) is 0. The SMILES string of the molecule is Cn1c(N2CCC(F)CC2)cc(Cl)nc1=O. The first kappa shape index (κ1) is 11.4. The maximum absolute atomic E-state index is 13.0. The minimum Gasteiger partial charge on any atom is -0.358 e. The van der Waals surface area contributed by atoms with Gasteiger partial charge in [-0.3, -0.25) is 4.57 Å². The Morgan fingerprint density at radius 2 is 2.12 bits per heavy atom. The van der Waals surface area contributed by atoms with Crippen LogP contribution in [0, 0.1) is 0 Å². The second kappa shape index (κ2) is 4.41. The molecule has 0 saturated carbocycles. The molecule has 1 saturated heterocycles. The third kappa shape index (κ3) is 2.19. The summed E-state index contributed by atoms with van der Waals surface area (Å²) in [5.41, 5.74) is -0.384. The first-order valence-electron chi connectivity index (χ1n) is 5.20. The predicted molar refractivity (Wildman–Crippen MR) is 60.8 cm³/mol. The molecule has 0 amide bonds. The van der Waals surface area contributed by atoms with Gasteiger partial charge in [0.05, 0.1) is 0 Å². The lowest BCUT2D eigenvalue weighted by Gasteiger charge is -2.31. The van der Waals surface area contributed by atoms with Gasteiger partial charge in [-0.1, -0.05) is 11.6 Å². The van der Waals surface area contributed by atoms with E-state index in [1.54, 1.807) is 13.1 Å². The number of piperidine rings is 1. The third-order valence-electron chi connectivity index (χ3n) is 2.83. The summed E-state index contributed by atoms with van der Waals surface area (Å²) in [5.74, 6) is 0.705. The van der Waals surface area contributed by atoms with Crippen molar-refractivity contribution in [1.82, 2.24) is 9.55 Å². The zero-order valence-corrected chi connectivity index (χ0v) is 9.74. The highest BCUT2D eigenvalue weighted by molar-refractivity contribution is 6.29. The second-order valence-corrected chi connectivity index (χ2v) is 4.33. The highest BCUT2D eigenvalue weighted by Crippen LogP contribution is 2.21. The molecule has 0 radical (unpaired) electrons. The van der Waals surface area contributed by atoms with Gasteiger partial charge >= 0.3 is 5.69 Å². The quantitative estimate of drug-likeness (QED) is 0.702. The zero-order valence-electron chi connectivity index (χ0n) is 8.99. The lowest BCUT2D eigenvalue weighted by atomic mass is 10.1. The average Bonchev–Trinajstić information content (AvgIpc) is 2.25. The molecule has 16 heavy (non-hydrogen) atoms. The van der Waals surface area contributed by atoms with Gasteiger partial charge < -0.3 is 4.90 Å². The van der Waals surface area contributed by atoms with Crippen LogP contribution in [0.15, 0.2) is 10.9 Å². The van der Waals surface area contributed by atoms with Gasteiger partial charge in [0, 0.05) is 26.2 Å². The number of hydrogen-bond acceptors (Lipinski definition) is 3. The van der Waals surface area contributed by atoms with Crippen molar-refractivity contribution in [3.05, 3.63) is 21.7 Å². The Kier molecular flexibility index (Phi) is 3.14. The van der Waals surface area contributed by atoms with E-state index >= 15 is 0 Å². The molecule has 88 valence electrons. The molecule has 4 nitrogen and oxygen atoms in total. The minimum absolute atomic E-state index is 0.181. The number of rotatable bonds is 1. The number of aromatic nitrogens is 2. The van der Waals surface area contributed by atoms with E-state index in [2.05, 4.69) is 4.98 Å². The maximum atomic E-state index is 13.0. The van der Waals surface area contributed by atoms with Crippen LogP contribution in [0.1, 0.15) is 12.8 Å². The van der Waals surface area contributed by atoms with Crippen LogP contribution in [0.3, 0.4) is 0 Å². The van der Waals surface area contributed by atoms with Crippen LogP contribution in [0.5, 0.6) is 0 Å². The van der Waals surface area contributed by atoms with Crippen LogP contribution >= 0.6 is 11.6 Å². The van der Waals surface area contributed by atoms with Gasteiger partial charge in [0.2, 0.25) is 0 Å². The van der Waals surface area contributed by atoms with Crippen molar-refractivity contribution in [1.29, 1.82) is 0 Å². The first-order valence-corrected chi connectivity index (χ1v) is 5.58. The Bertz CT molecular complexity index is 440. The summed E-state index contributed by atoms with van der Waals surface area (Å²) < 4.78 is 14.4. The molecule has 0 aliphatic carbocycles. The lowest BCUT2D eigenvalue weighted by molar-refractivity contribution is 0.276. The number of anilines is 1. The second-order valence-electron chi connectivity index (χ2n) is 3.94. The van der Waals surface area contributed by atoms with Gasteiger partial charge in [-0.25, -0.2) is 9.18 Å². The zero-order chi connectivity index (χ0) is 11.7. The molecule has 0 unspecified atom stereocenters. The van der Waals surface area contributed by atoms with Crippen molar-refractivity contribution in [2.24, 2.45) is 7.05 Å². The molecule has 1 aliphatic heterocycles. The average molecular weight is 246 g/mol. The molecular formula is C10H13ClFN3O. The van der Waals surface area contributed by atoms with Crippen LogP contribution < -0.4 is 10.6 Å². The summed E-state index contributed by atoms with van der Waals surface area (Å²) in [6, 6.07) is 1.64. The van der Waals surface area contributed by atoms with Crippen molar-refractivity contribution < 1.29 is 4.39 Å². The lowest BCUT2D eigenvalue weighted by Crippen LogP contribution is -2.38. The summed E-state index contributed by atoms with van der Waals surface area (Å²) >= 11 is 5.74. The Balaban J connectivity index is 2.30. The van der Waals surface area contributed by atoms with E-state index in [9.17, 15) is 9.18 Å². The summed E-state index contributed by atoms with van der Waals surface area (Å²) in [7, 11) is 1.64. The van der Waals surface area contributed by atoms with E-state index in [-0.39, 0.29) is 10.8 Å². The monoisotopic (exact) mass is 245 g/mol. The topological polar surface area (TPSA) is 38.1 Å². The van der Waals surface area contributed by atoms with Crippen molar-refractivity contribution in [3.8, 4) is 0 Å². The van der Waals surface area contributed by atoms with E-state index < -0.39 is 6.17 Å². The third-order valence-corrected chi connectivity index (χ3v) is 3.02. The summed E-state index contributed by atoms with van der Waals surface area (Å²) in [6.45, 7) is 1.21. The van der Waals surface area contributed by atoms with Gasteiger partial charge in [-0.05, 0) is 12.8 Å². The highest BCUT2D eigenvalue weighted by Gasteiger charge is 2.20. The molecule has 0 bridgehead atoms. The smallest absolute Gasteiger partial charge is 0.350 e. The molecule has 2 heterocycles. The van der Waals surface area contributed by atoms with E-state index in [0.717, 1.165) is 0 Å². The minimum atomic E-state index is -0.731. The molecule has 0 N–H and O–H groups in total. The van der Waals surface area contributed by atoms with Gasteiger partial charge in [-0.2, -0.15) is 4.98 Å². The molecule has 6 heteroatoms. The van der Waals surface area contributed by atoms with E-state index in [1.807, 2.05) is 4.90 Å². The fraction of sp³-hybridized carbons (Fsp3) is 0.600. The molecule has 1 fully saturated rings. The standard InChI is InChI=1S/C10H13ClFN3O/c1-14-9(6-8(11)13-10(14)16)15-4-2-7(12)3-5-15/h6-7H,2-5H2,1H3. The van der Waals surface area contributed by atoms with Gasteiger partial charge in [0.25, 0.3) is 0 Å². The van der Waals surface area contributed by atoms with Gasteiger partial charge in [0.1, 0.15) is 17.1 Å². The Morgan fingerprint density at radius 3 is 2.75 bits per heavy atom. The summed E-state index contributed by atoms with van der Waals surface area (Å²) in [6.07, 6.45) is 0.257. The van der Waals surface area contributed by atoms with Crippen LogP contribution in [0.2, 0.25) is 5.15 Å². The van der Waals surface area contributed by atoms with E-state index in [1.165, 1.54) is 4.57 Å². The maximum Gasteiger partial charge on any atom is 0.350 e. The molecule has 0 atom stereocenters. The molecular weight excluding hydrogens is 233 g/mol. The normalized spacial score (nSPS) is 17.8. The molecule has 2 rings (SSSR count). The molecule has 1 aliphatic rings. The Labute approximate surface area is 97.7 Å². The van der Waals surface area contributed by atoms with Crippen molar-refractivity contribution >= 4 is 17.4 Å². The van der Waals surface area contributed by atoms with Crippen LogP contribution in [0.25, 0.3) is 0 Å². The van der Waals surface area contributed by atoms with Gasteiger partial charge in [-0.15, -0.1) is 0 Å². The van der Waals surface area contributed by atoms with Crippen LogP contribution in [-0.4, -0.2) is 28.8 Å². The van der Waals surface area contributed by atoms with Crippen LogP contribution in [-0.2, 0) is 7.05 Å². The fourth-order valence-corrected chi connectivity index (χ4v) is 2.05. The largest absolute Gasteiger partial charge is 0.358 e. The number of halogens is 2.